The Morgan fingerprint density at radius 3 is 2.28 bits per heavy atom. The van der Waals surface area contributed by atoms with Gasteiger partial charge in [-0.15, -0.1) is 0 Å². The van der Waals surface area contributed by atoms with Gasteiger partial charge in [-0.1, -0.05) is 0 Å². The van der Waals surface area contributed by atoms with Crippen LogP contribution in [0.4, 0.5) is 5.69 Å². The zero-order valence-corrected chi connectivity index (χ0v) is 10.3. The number of nitrogens with zero attached hydrogens (tertiary/aromatic N) is 1. The molecule has 0 fully saturated rings. The molecule has 0 radical (unpaired) electrons. The molecule has 1 aromatic carbocycles. The minimum Gasteiger partial charge on any atom is -0.347 e. The molecule has 0 atom stereocenters. The van der Waals surface area contributed by atoms with Crippen molar-refractivity contribution < 1.29 is 9.59 Å². The maximum Gasteiger partial charge on any atom is 0.272 e. The highest BCUT2D eigenvalue weighted by Crippen LogP contribution is 2.11. The van der Waals surface area contributed by atoms with E-state index in [0.717, 1.165) is 0 Å². The fourth-order valence-corrected chi connectivity index (χ4v) is 1.68. The van der Waals surface area contributed by atoms with E-state index in [1.807, 2.05) is 19.3 Å². The van der Waals surface area contributed by atoms with Crippen LogP contribution in [0.5, 0.6) is 0 Å². The predicted octanol–water partition coefficient (Wildman–Crippen LogP) is 2.48. The van der Waals surface area contributed by atoms with Gasteiger partial charge in [0.15, 0.2) is 5.78 Å². The second-order valence-corrected chi connectivity index (χ2v) is 4.09. The quantitative estimate of drug-likeness (QED) is 0.841. The Kier molecular flexibility index (Phi) is 3.28. The fraction of sp³-hybridized carbons (Fsp3) is 0.143. The number of hydrogen-bond acceptors (Lipinski definition) is 2. The van der Waals surface area contributed by atoms with E-state index >= 15 is 0 Å². The Morgan fingerprint density at radius 2 is 1.78 bits per heavy atom. The van der Waals surface area contributed by atoms with Crippen molar-refractivity contribution in [2.75, 3.05) is 5.32 Å². The van der Waals surface area contributed by atoms with Crippen LogP contribution in [0.25, 0.3) is 0 Å². The second kappa shape index (κ2) is 4.87. The molecule has 0 aliphatic heterocycles. The monoisotopic (exact) mass is 242 g/mol. The number of benzene rings is 1. The van der Waals surface area contributed by atoms with E-state index in [1.54, 1.807) is 34.9 Å². The third-order valence-electron chi connectivity index (χ3n) is 2.73. The predicted molar refractivity (Wildman–Crippen MR) is 69.8 cm³/mol. The molecule has 1 N–H and O–H groups in total. The molecular weight excluding hydrogens is 228 g/mol. The molecule has 2 rings (SSSR count). The molecular formula is C14H14N2O2. The van der Waals surface area contributed by atoms with Crippen LogP contribution in [0.1, 0.15) is 27.8 Å². The molecule has 2 aromatic rings. The lowest BCUT2D eigenvalue weighted by atomic mass is 10.1. The van der Waals surface area contributed by atoms with Crippen molar-refractivity contribution >= 4 is 17.4 Å². The first-order valence-corrected chi connectivity index (χ1v) is 5.61. The van der Waals surface area contributed by atoms with Gasteiger partial charge in [0.05, 0.1) is 0 Å². The molecule has 0 bridgehead atoms. The van der Waals surface area contributed by atoms with Gasteiger partial charge in [-0.05, 0) is 43.3 Å². The molecule has 0 saturated heterocycles. The molecule has 0 unspecified atom stereocenters. The molecule has 0 saturated carbocycles. The lowest BCUT2D eigenvalue weighted by Gasteiger charge is -2.06. The number of amides is 1. The third kappa shape index (κ3) is 2.48. The maximum absolute atomic E-state index is 11.9. The van der Waals surface area contributed by atoms with Crippen molar-refractivity contribution in [2.45, 2.75) is 6.92 Å². The maximum atomic E-state index is 11.9. The van der Waals surface area contributed by atoms with Gasteiger partial charge in [0, 0.05) is 24.5 Å². The number of nitrogens with one attached hydrogen (secondary N) is 1. The van der Waals surface area contributed by atoms with Gasteiger partial charge >= 0.3 is 0 Å². The highest BCUT2D eigenvalue weighted by Gasteiger charge is 2.09. The van der Waals surface area contributed by atoms with E-state index in [4.69, 9.17) is 0 Å². The number of anilines is 1. The van der Waals surface area contributed by atoms with Gasteiger partial charge in [0.25, 0.3) is 5.91 Å². The lowest BCUT2D eigenvalue weighted by Crippen LogP contribution is -2.15. The number of aromatic nitrogens is 1. The number of carbonyl (C=O) groups excluding carboxylic acids is 2. The van der Waals surface area contributed by atoms with Crippen molar-refractivity contribution in [3.8, 4) is 0 Å². The minimum atomic E-state index is -0.168. The van der Waals surface area contributed by atoms with Gasteiger partial charge in [-0.2, -0.15) is 0 Å². The number of hydrogen-bond donors (Lipinski definition) is 1. The van der Waals surface area contributed by atoms with Gasteiger partial charge in [-0.3, -0.25) is 9.59 Å². The highest BCUT2D eigenvalue weighted by molar-refractivity contribution is 6.03. The van der Waals surface area contributed by atoms with E-state index in [2.05, 4.69) is 5.32 Å². The van der Waals surface area contributed by atoms with Crippen LogP contribution in [0.2, 0.25) is 0 Å². The van der Waals surface area contributed by atoms with Crippen LogP contribution in [-0.4, -0.2) is 16.3 Å². The number of Topliss-reactive ketones (excluding diaryl/α,β-unsaturated/α-hetero) is 1. The summed E-state index contributed by atoms with van der Waals surface area (Å²) in [7, 11) is 1.81. The summed E-state index contributed by atoms with van der Waals surface area (Å²) in [5, 5.41) is 2.78. The van der Waals surface area contributed by atoms with Crippen LogP contribution < -0.4 is 5.32 Å². The summed E-state index contributed by atoms with van der Waals surface area (Å²) in [6, 6.07) is 10.4. The lowest BCUT2D eigenvalue weighted by molar-refractivity contribution is 0.101. The molecule has 0 aliphatic carbocycles. The first-order chi connectivity index (χ1) is 8.58. The van der Waals surface area contributed by atoms with Crippen LogP contribution in [0, 0.1) is 0 Å². The van der Waals surface area contributed by atoms with Crippen LogP contribution in [0.3, 0.4) is 0 Å². The molecule has 1 amide bonds. The smallest absolute Gasteiger partial charge is 0.272 e. The van der Waals surface area contributed by atoms with E-state index in [1.165, 1.54) is 6.92 Å². The SMILES string of the molecule is CC(=O)c1ccc(NC(=O)c2cccn2C)cc1. The highest BCUT2D eigenvalue weighted by atomic mass is 16.2. The molecule has 92 valence electrons. The van der Waals surface area contributed by atoms with Crippen molar-refractivity contribution in [1.82, 2.24) is 4.57 Å². The largest absolute Gasteiger partial charge is 0.347 e. The summed E-state index contributed by atoms with van der Waals surface area (Å²) in [5.74, 6) is -0.159. The van der Waals surface area contributed by atoms with Crippen molar-refractivity contribution in [3.63, 3.8) is 0 Å². The average Bonchev–Trinajstić information content (AvgIpc) is 2.76. The van der Waals surface area contributed by atoms with E-state index < -0.39 is 0 Å². The molecule has 1 heterocycles. The molecule has 0 spiro atoms. The number of rotatable bonds is 3. The van der Waals surface area contributed by atoms with Crippen molar-refractivity contribution in [2.24, 2.45) is 7.05 Å². The van der Waals surface area contributed by atoms with Crippen LogP contribution in [0.15, 0.2) is 42.6 Å². The fourth-order valence-electron chi connectivity index (χ4n) is 1.68. The Hall–Kier alpha value is -2.36. The normalized spacial score (nSPS) is 10.1. The summed E-state index contributed by atoms with van der Waals surface area (Å²) in [6.45, 7) is 1.51. The zero-order chi connectivity index (χ0) is 13.1. The van der Waals surface area contributed by atoms with E-state index in [-0.39, 0.29) is 11.7 Å². The summed E-state index contributed by atoms with van der Waals surface area (Å²) in [4.78, 5) is 23.0. The first kappa shape index (κ1) is 12.1. The Bertz CT molecular complexity index is 582. The van der Waals surface area contributed by atoms with Gasteiger partial charge in [0.1, 0.15) is 5.69 Å². The van der Waals surface area contributed by atoms with Gasteiger partial charge in [0.2, 0.25) is 0 Å². The Morgan fingerprint density at radius 1 is 1.11 bits per heavy atom. The minimum absolute atomic E-state index is 0.00955. The molecule has 0 aliphatic rings. The summed E-state index contributed by atoms with van der Waals surface area (Å²) >= 11 is 0. The third-order valence-corrected chi connectivity index (χ3v) is 2.73. The summed E-state index contributed by atoms with van der Waals surface area (Å²) in [5.41, 5.74) is 1.89. The standard InChI is InChI=1S/C14H14N2O2/c1-10(17)11-5-7-12(8-6-11)15-14(18)13-4-3-9-16(13)2/h3-9H,1-2H3,(H,15,18). The van der Waals surface area contributed by atoms with Gasteiger partial charge < -0.3 is 9.88 Å². The average molecular weight is 242 g/mol. The zero-order valence-electron chi connectivity index (χ0n) is 10.3. The molecule has 1 aromatic heterocycles. The molecule has 4 heteroatoms. The number of aryl methyl sites for hydroxylation is 1. The number of ketones is 1. The van der Waals surface area contributed by atoms with Crippen LogP contribution >= 0.6 is 0 Å². The summed E-state index contributed by atoms with van der Waals surface area (Å²) in [6.07, 6.45) is 1.81. The summed E-state index contributed by atoms with van der Waals surface area (Å²) < 4.78 is 1.75. The second-order valence-electron chi connectivity index (χ2n) is 4.09. The van der Waals surface area contributed by atoms with E-state index in [0.29, 0.717) is 16.9 Å². The Balaban J connectivity index is 2.13. The van der Waals surface area contributed by atoms with Crippen molar-refractivity contribution in [3.05, 3.63) is 53.9 Å². The number of carbonyl (C=O) groups is 2. The first-order valence-electron chi connectivity index (χ1n) is 5.61. The van der Waals surface area contributed by atoms with Crippen LogP contribution in [-0.2, 0) is 7.05 Å². The van der Waals surface area contributed by atoms with Crippen molar-refractivity contribution in [1.29, 1.82) is 0 Å². The van der Waals surface area contributed by atoms with E-state index in [9.17, 15) is 9.59 Å². The molecule has 18 heavy (non-hydrogen) atoms. The van der Waals surface area contributed by atoms with Gasteiger partial charge in [-0.25, -0.2) is 0 Å². The topological polar surface area (TPSA) is 51.1 Å². The molecule has 4 nitrogen and oxygen atoms in total. The Labute approximate surface area is 105 Å².